The fourth-order valence-electron chi connectivity index (χ4n) is 2.60. The largest absolute Gasteiger partial charge is 0.461 e. The van der Waals surface area contributed by atoms with Gasteiger partial charge in [-0.05, 0) is 36.4 Å². The maximum absolute atomic E-state index is 5.85. The summed E-state index contributed by atoms with van der Waals surface area (Å²) in [6.45, 7) is 7.14. The summed E-state index contributed by atoms with van der Waals surface area (Å²) < 4.78 is 13.5. The van der Waals surface area contributed by atoms with Crippen LogP contribution in [0.5, 0.6) is 0 Å². The molecule has 0 bridgehead atoms. The molecule has 0 amide bonds. The molecule has 4 heterocycles. The lowest BCUT2D eigenvalue weighted by Crippen LogP contribution is -2.08. The predicted molar refractivity (Wildman–Crippen MR) is 104 cm³/mol. The number of furan rings is 1. The second-order valence-electron chi connectivity index (χ2n) is 6.47. The lowest BCUT2D eigenvalue weighted by molar-refractivity contribution is 0.487. The second-order valence-corrected chi connectivity index (χ2v) is 8.73. The molecule has 4 rings (SSSR count). The molecule has 0 fully saturated rings. The van der Waals surface area contributed by atoms with E-state index in [1.807, 2.05) is 36.6 Å². The van der Waals surface area contributed by atoms with Gasteiger partial charge in [-0.3, -0.25) is 4.57 Å². The maximum Gasteiger partial charge on any atom is 0.257 e. The highest BCUT2D eigenvalue weighted by Crippen LogP contribution is 2.36. The zero-order valence-corrected chi connectivity index (χ0v) is 16.8. The van der Waals surface area contributed by atoms with E-state index < -0.39 is 0 Å². The summed E-state index contributed by atoms with van der Waals surface area (Å²) in [5, 5.41) is 19.8. The lowest BCUT2D eigenvalue weighted by atomic mass is 10.2. The Morgan fingerprint density at radius 1 is 1.11 bits per heavy atom. The average molecular weight is 402 g/mol. The van der Waals surface area contributed by atoms with Crippen molar-refractivity contribution in [3.63, 3.8) is 0 Å². The smallest absolute Gasteiger partial charge is 0.257 e. The molecule has 0 saturated carbocycles. The van der Waals surface area contributed by atoms with Crippen molar-refractivity contribution in [2.75, 3.05) is 0 Å². The Labute approximate surface area is 164 Å². The van der Waals surface area contributed by atoms with Crippen molar-refractivity contribution < 1.29 is 8.83 Å². The molecule has 0 aromatic carbocycles. The Morgan fingerprint density at radius 2 is 2.00 bits per heavy atom. The quantitative estimate of drug-likeness (QED) is 0.396. The molecule has 0 saturated heterocycles. The van der Waals surface area contributed by atoms with E-state index in [1.165, 1.54) is 0 Å². The first-order valence-corrected chi connectivity index (χ1v) is 10.4. The van der Waals surface area contributed by atoms with Gasteiger partial charge < -0.3 is 8.83 Å². The third kappa shape index (κ3) is 3.84. The molecular formula is C18H19N5O2S2. The highest BCUT2D eigenvalue weighted by atomic mass is 32.2. The lowest BCUT2D eigenvalue weighted by Gasteiger charge is -2.12. The molecule has 0 aliphatic carbocycles. The van der Waals surface area contributed by atoms with Gasteiger partial charge in [-0.2, -0.15) is 0 Å². The van der Waals surface area contributed by atoms with Gasteiger partial charge in [-0.1, -0.05) is 31.7 Å². The minimum absolute atomic E-state index is 0.0502. The predicted octanol–water partition coefficient (Wildman–Crippen LogP) is 5.16. The fourth-order valence-corrected chi connectivity index (χ4v) is 4.13. The van der Waals surface area contributed by atoms with Crippen LogP contribution in [0.2, 0.25) is 0 Å². The normalized spacial score (nSPS) is 12.7. The summed E-state index contributed by atoms with van der Waals surface area (Å²) in [6.07, 6.45) is 1.64. The van der Waals surface area contributed by atoms with Crippen molar-refractivity contribution in [2.45, 2.75) is 37.7 Å². The van der Waals surface area contributed by atoms with Crippen LogP contribution < -0.4 is 0 Å². The van der Waals surface area contributed by atoms with Gasteiger partial charge in [0, 0.05) is 6.54 Å². The molecule has 140 valence electrons. The first kappa shape index (κ1) is 18.0. The van der Waals surface area contributed by atoms with Crippen LogP contribution in [-0.2, 0) is 6.54 Å². The van der Waals surface area contributed by atoms with Crippen LogP contribution in [0.3, 0.4) is 0 Å². The molecule has 0 spiro atoms. The zero-order valence-electron chi connectivity index (χ0n) is 15.2. The van der Waals surface area contributed by atoms with Gasteiger partial charge in [0.25, 0.3) is 5.89 Å². The minimum atomic E-state index is -0.0502. The van der Waals surface area contributed by atoms with Gasteiger partial charge in [0.15, 0.2) is 16.7 Å². The van der Waals surface area contributed by atoms with Gasteiger partial charge >= 0.3 is 0 Å². The Kier molecular flexibility index (Phi) is 5.13. The zero-order chi connectivity index (χ0) is 18.8. The Bertz CT molecular complexity index is 989. The first-order chi connectivity index (χ1) is 13.1. The van der Waals surface area contributed by atoms with Gasteiger partial charge in [-0.25, -0.2) is 0 Å². The molecule has 27 heavy (non-hydrogen) atoms. The molecule has 9 heteroatoms. The van der Waals surface area contributed by atoms with E-state index in [4.69, 9.17) is 8.83 Å². The summed E-state index contributed by atoms with van der Waals surface area (Å²) in [5.41, 5.74) is 0. The van der Waals surface area contributed by atoms with Gasteiger partial charge in [0.05, 0.1) is 16.4 Å². The highest BCUT2D eigenvalue weighted by molar-refractivity contribution is 7.99. The van der Waals surface area contributed by atoms with Gasteiger partial charge in [0.1, 0.15) is 0 Å². The maximum atomic E-state index is 5.85. The summed E-state index contributed by atoms with van der Waals surface area (Å²) in [6, 6.07) is 7.68. The minimum Gasteiger partial charge on any atom is -0.461 e. The van der Waals surface area contributed by atoms with Crippen LogP contribution in [0.1, 0.15) is 31.9 Å². The SMILES string of the molecule is CC(C)Cn1c(SC(C)c2nnc(-c3cccs3)o2)nnc1-c1ccco1. The van der Waals surface area contributed by atoms with Crippen LogP contribution >= 0.6 is 23.1 Å². The molecule has 0 N–H and O–H groups in total. The number of thioether (sulfide) groups is 1. The average Bonchev–Trinajstić information content (AvgIpc) is 3.42. The second kappa shape index (κ2) is 7.69. The molecule has 0 aliphatic rings. The van der Waals surface area contributed by atoms with E-state index in [0.29, 0.717) is 23.5 Å². The highest BCUT2D eigenvalue weighted by Gasteiger charge is 2.23. The summed E-state index contributed by atoms with van der Waals surface area (Å²) in [7, 11) is 0. The third-order valence-electron chi connectivity index (χ3n) is 3.81. The van der Waals surface area contributed by atoms with E-state index in [-0.39, 0.29) is 5.25 Å². The van der Waals surface area contributed by atoms with Crippen molar-refractivity contribution in [2.24, 2.45) is 5.92 Å². The molecule has 4 aromatic heterocycles. The van der Waals surface area contributed by atoms with Gasteiger partial charge in [-0.15, -0.1) is 31.7 Å². The van der Waals surface area contributed by atoms with E-state index in [2.05, 4.69) is 38.8 Å². The van der Waals surface area contributed by atoms with E-state index in [9.17, 15) is 0 Å². The fraction of sp³-hybridized carbons (Fsp3) is 0.333. The number of hydrogen-bond acceptors (Lipinski definition) is 8. The molecular weight excluding hydrogens is 382 g/mol. The number of nitrogens with zero attached hydrogens (tertiary/aromatic N) is 5. The van der Waals surface area contributed by atoms with Crippen molar-refractivity contribution in [1.29, 1.82) is 0 Å². The topological polar surface area (TPSA) is 82.8 Å². The van der Waals surface area contributed by atoms with Crippen LogP contribution in [0.15, 0.2) is 49.9 Å². The number of thiophene rings is 1. The third-order valence-corrected chi connectivity index (χ3v) is 5.73. The van der Waals surface area contributed by atoms with Crippen LogP contribution in [-0.4, -0.2) is 25.0 Å². The number of rotatable bonds is 7. The van der Waals surface area contributed by atoms with Crippen molar-refractivity contribution in [1.82, 2.24) is 25.0 Å². The number of hydrogen-bond donors (Lipinski definition) is 0. The Balaban J connectivity index is 1.58. The van der Waals surface area contributed by atoms with Gasteiger partial charge in [0.2, 0.25) is 5.89 Å². The number of aromatic nitrogens is 5. The van der Waals surface area contributed by atoms with Crippen LogP contribution in [0.4, 0.5) is 0 Å². The Morgan fingerprint density at radius 3 is 2.70 bits per heavy atom. The first-order valence-electron chi connectivity index (χ1n) is 8.63. The van der Waals surface area contributed by atoms with Crippen LogP contribution in [0, 0.1) is 5.92 Å². The molecule has 0 radical (unpaired) electrons. The van der Waals surface area contributed by atoms with Crippen molar-refractivity contribution >= 4 is 23.1 Å². The summed E-state index contributed by atoms with van der Waals surface area (Å²) >= 11 is 3.12. The molecule has 1 unspecified atom stereocenters. The standard InChI is InChI=1S/C18H19N5O2S2/c1-11(2)10-23-15(13-6-4-8-24-13)19-22-18(23)27-12(3)16-20-21-17(25-16)14-7-5-9-26-14/h4-9,11-12H,10H2,1-3H3. The van der Waals surface area contributed by atoms with Crippen LogP contribution in [0.25, 0.3) is 22.4 Å². The van der Waals surface area contributed by atoms with E-state index >= 15 is 0 Å². The van der Waals surface area contributed by atoms with Crippen molar-refractivity contribution in [3.05, 3.63) is 41.8 Å². The Hall–Kier alpha value is -2.39. The van der Waals surface area contributed by atoms with E-state index in [1.54, 1.807) is 29.4 Å². The molecule has 4 aromatic rings. The van der Waals surface area contributed by atoms with E-state index in [0.717, 1.165) is 22.4 Å². The van der Waals surface area contributed by atoms with Crippen molar-refractivity contribution in [3.8, 4) is 22.4 Å². The summed E-state index contributed by atoms with van der Waals surface area (Å²) in [4.78, 5) is 0.967. The summed E-state index contributed by atoms with van der Waals surface area (Å²) in [5.74, 6) is 3.00. The molecule has 7 nitrogen and oxygen atoms in total. The monoisotopic (exact) mass is 401 g/mol. The molecule has 0 aliphatic heterocycles. The molecule has 1 atom stereocenters.